The number of unbranched alkanes of at least 4 members (excludes halogenated alkanes) is 9. The molecule has 9 heteroatoms. The number of carbonyl (C=O) groups excluding carboxylic acids is 1. The Morgan fingerprint density at radius 2 is 0.797 bits per heavy atom. The highest BCUT2D eigenvalue weighted by molar-refractivity contribution is 7.47. The van der Waals surface area contributed by atoms with Crippen molar-refractivity contribution in [3.63, 3.8) is 0 Å². The standard InChI is InChI=1S/C60H98NO7P/c1-6-8-10-12-14-16-18-20-22-24-26-28-30-32-34-36-38-40-42-44-46-48-50-52-55-65-57-59(58-67-69(63,64)66-56-54-61(3,4)5)68-60(62)53-51-49-47-45-43-41-39-37-35-33-31-29-27-25-23-21-19-17-15-13-11-9-7-2/h8-11,14-17,20-23,26-29,32-35,38,40,44,46,59H,6-7,12-13,18-19,24-25,30-31,36-37,39,41-43,45,47-58H2,1-5H3/p+1/b10-8-,11-9-,16-14-,17-15-,22-20-,23-21-,28-26-,29-27-,34-32-,35-33-,40-38-,46-44-. The smallest absolute Gasteiger partial charge is 0.457 e. The summed E-state index contributed by atoms with van der Waals surface area (Å²) in [5, 5.41) is 0. The van der Waals surface area contributed by atoms with Gasteiger partial charge in [-0.2, -0.15) is 0 Å². The van der Waals surface area contributed by atoms with Crippen LogP contribution in [0.15, 0.2) is 146 Å². The molecule has 0 fully saturated rings. The van der Waals surface area contributed by atoms with Gasteiger partial charge in [0.1, 0.15) is 19.3 Å². The number of phosphoric ester groups is 1. The molecule has 0 heterocycles. The van der Waals surface area contributed by atoms with Crippen molar-refractivity contribution in [2.45, 2.75) is 174 Å². The molecule has 0 aliphatic carbocycles. The fourth-order valence-corrected chi connectivity index (χ4v) is 7.12. The molecule has 0 amide bonds. The van der Waals surface area contributed by atoms with E-state index in [9.17, 15) is 14.3 Å². The maximum absolute atomic E-state index is 12.8. The number of carbonyl (C=O) groups is 1. The fraction of sp³-hybridized carbons (Fsp3) is 0.583. The first kappa shape index (κ1) is 65.4. The van der Waals surface area contributed by atoms with Crippen LogP contribution in [0.2, 0.25) is 0 Å². The molecule has 2 atom stereocenters. The number of rotatable bonds is 47. The van der Waals surface area contributed by atoms with Crippen LogP contribution in [0.4, 0.5) is 0 Å². The lowest BCUT2D eigenvalue weighted by molar-refractivity contribution is -0.870. The molecule has 0 aliphatic heterocycles. The van der Waals surface area contributed by atoms with E-state index < -0.39 is 13.9 Å². The van der Waals surface area contributed by atoms with Gasteiger partial charge >= 0.3 is 13.8 Å². The van der Waals surface area contributed by atoms with Gasteiger partial charge in [-0.05, 0) is 116 Å². The first-order chi connectivity index (χ1) is 33.6. The molecule has 0 saturated heterocycles. The van der Waals surface area contributed by atoms with Crippen molar-refractivity contribution in [1.82, 2.24) is 0 Å². The average molecular weight is 977 g/mol. The third kappa shape index (κ3) is 55.2. The minimum atomic E-state index is -4.31. The molecule has 0 aromatic heterocycles. The molecule has 0 aromatic carbocycles. The Balaban J connectivity index is 4.30. The highest BCUT2D eigenvalue weighted by atomic mass is 31.2. The highest BCUT2D eigenvalue weighted by Crippen LogP contribution is 2.43. The van der Waals surface area contributed by atoms with Crippen molar-refractivity contribution in [2.24, 2.45) is 0 Å². The molecule has 0 aliphatic rings. The minimum Gasteiger partial charge on any atom is -0.457 e. The average Bonchev–Trinajstić information content (AvgIpc) is 3.31. The van der Waals surface area contributed by atoms with Gasteiger partial charge in [0.25, 0.3) is 0 Å². The molecule has 0 spiro atoms. The maximum Gasteiger partial charge on any atom is 0.472 e. The molecule has 0 rings (SSSR count). The zero-order valence-electron chi connectivity index (χ0n) is 44.2. The van der Waals surface area contributed by atoms with E-state index in [4.69, 9.17) is 18.5 Å². The predicted octanol–water partition coefficient (Wildman–Crippen LogP) is 16.8. The summed E-state index contributed by atoms with van der Waals surface area (Å²) in [4.78, 5) is 23.0. The van der Waals surface area contributed by atoms with Gasteiger partial charge in [0.05, 0.1) is 34.4 Å². The van der Waals surface area contributed by atoms with Crippen LogP contribution in [-0.2, 0) is 27.9 Å². The van der Waals surface area contributed by atoms with Crippen LogP contribution in [0.1, 0.15) is 168 Å². The number of phosphoric acid groups is 1. The summed E-state index contributed by atoms with van der Waals surface area (Å²) in [5.74, 6) is -0.347. The lowest BCUT2D eigenvalue weighted by Crippen LogP contribution is -2.37. The topological polar surface area (TPSA) is 91.3 Å². The third-order valence-electron chi connectivity index (χ3n) is 10.4. The zero-order valence-corrected chi connectivity index (χ0v) is 45.1. The van der Waals surface area contributed by atoms with Crippen LogP contribution in [0, 0.1) is 0 Å². The van der Waals surface area contributed by atoms with E-state index in [1.54, 1.807) is 0 Å². The number of esters is 1. The first-order valence-corrected chi connectivity index (χ1v) is 28.1. The van der Waals surface area contributed by atoms with Gasteiger partial charge < -0.3 is 18.9 Å². The number of hydrogen-bond donors (Lipinski definition) is 1. The zero-order chi connectivity index (χ0) is 50.5. The van der Waals surface area contributed by atoms with Gasteiger partial charge in [0.2, 0.25) is 0 Å². The number of likely N-dealkylation sites (N-methyl/N-ethyl adjacent to an activating group) is 1. The van der Waals surface area contributed by atoms with Gasteiger partial charge in [-0.15, -0.1) is 0 Å². The monoisotopic (exact) mass is 977 g/mol. The molecule has 2 unspecified atom stereocenters. The third-order valence-corrected chi connectivity index (χ3v) is 11.4. The molecule has 390 valence electrons. The van der Waals surface area contributed by atoms with E-state index in [0.29, 0.717) is 24.1 Å². The molecule has 69 heavy (non-hydrogen) atoms. The summed E-state index contributed by atoms with van der Waals surface area (Å²) in [7, 11) is 1.60. The van der Waals surface area contributed by atoms with Crippen molar-refractivity contribution in [3.8, 4) is 0 Å². The highest BCUT2D eigenvalue weighted by Gasteiger charge is 2.26. The maximum atomic E-state index is 12.8. The minimum absolute atomic E-state index is 0.0678. The Kier molecular flexibility index (Phi) is 48.1. The van der Waals surface area contributed by atoms with Crippen LogP contribution in [0.25, 0.3) is 0 Å². The summed E-state index contributed by atoms with van der Waals surface area (Å²) in [6, 6.07) is 0. The van der Waals surface area contributed by atoms with E-state index in [-0.39, 0.29) is 25.8 Å². The second kappa shape index (κ2) is 50.8. The Morgan fingerprint density at radius 1 is 0.449 bits per heavy atom. The van der Waals surface area contributed by atoms with Crippen LogP contribution >= 0.6 is 7.82 Å². The molecular formula is C60H99NO7P+. The van der Waals surface area contributed by atoms with E-state index >= 15 is 0 Å². The fourth-order valence-electron chi connectivity index (χ4n) is 6.38. The van der Waals surface area contributed by atoms with Gasteiger partial charge in [-0.25, -0.2) is 4.57 Å². The number of ether oxygens (including phenoxy) is 2. The molecule has 1 N–H and O–H groups in total. The lowest BCUT2D eigenvalue weighted by Gasteiger charge is -2.24. The van der Waals surface area contributed by atoms with Crippen molar-refractivity contribution in [3.05, 3.63) is 146 Å². The van der Waals surface area contributed by atoms with E-state index in [1.807, 2.05) is 21.1 Å². The predicted molar refractivity (Wildman–Crippen MR) is 297 cm³/mol. The van der Waals surface area contributed by atoms with Gasteiger partial charge in [-0.3, -0.25) is 13.8 Å². The Bertz CT molecular complexity index is 1600. The van der Waals surface area contributed by atoms with Gasteiger partial charge in [0, 0.05) is 13.0 Å². The Morgan fingerprint density at radius 3 is 1.19 bits per heavy atom. The van der Waals surface area contributed by atoms with Gasteiger partial charge in [0.15, 0.2) is 0 Å². The molecule has 8 nitrogen and oxygen atoms in total. The van der Waals surface area contributed by atoms with Crippen molar-refractivity contribution < 1.29 is 37.3 Å². The largest absolute Gasteiger partial charge is 0.472 e. The van der Waals surface area contributed by atoms with Crippen molar-refractivity contribution in [2.75, 3.05) is 54.1 Å². The molecule has 0 aromatic rings. The van der Waals surface area contributed by atoms with Gasteiger partial charge in [-0.1, -0.05) is 192 Å². The molecule has 0 radical (unpaired) electrons. The molecule has 0 saturated carbocycles. The molecular weight excluding hydrogens is 878 g/mol. The van der Waals surface area contributed by atoms with Crippen LogP contribution in [0.3, 0.4) is 0 Å². The second-order valence-corrected chi connectivity index (χ2v) is 19.6. The van der Waals surface area contributed by atoms with E-state index in [2.05, 4.69) is 160 Å². The summed E-state index contributed by atoms with van der Waals surface area (Å²) < 4.78 is 35.1. The number of hydrogen-bond acceptors (Lipinski definition) is 6. The number of quaternary nitrogens is 1. The van der Waals surface area contributed by atoms with Crippen LogP contribution in [-0.4, -0.2) is 75.6 Å². The van der Waals surface area contributed by atoms with Crippen molar-refractivity contribution in [1.29, 1.82) is 0 Å². The summed E-state index contributed by atoms with van der Waals surface area (Å²) in [6.07, 6.45) is 76.2. The molecule has 0 bridgehead atoms. The summed E-state index contributed by atoms with van der Waals surface area (Å²) in [5.41, 5.74) is 0. The van der Waals surface area contributed by atoms with E-state index in [1.165, 1.54) is 19.3 Å². The lowest BCUT2D eigenvalue weighted by atomic mass is 10.1. The number of allylic oxidation sites excluding steroid dienone is 24. The van der Waals surface area contributed by atoms with Crippen molar-refractivity contribution >= 4 is 13.8 Å². The van der Waals surface area contributed by atoms with Crippen LogP contribution in [0.5, 0.6) is 0 Å². The SMILES string of the molecule is CC/C=C\C/C=C\C/C=C\C/C=C\C/C=C\C/C=C\C/C=C\CCCCOCC(COP(=O)(O)OCC[N+](C)(C)C)OC(=O)CCCCCCCCC/C=C\C/C=C\C/C=C\C/C=C\C/C=C\CC. The normalized spacial score (nSPS) is 14.7. The summed E-state index contributed by atoms with van der Waals surface area (Å²) in [6.45, 7) is 5.22. The first-order valence-electron chi connectivity index (χ1n) is 26.6. The van der Waals surface area contributed by atoms with E-state index in [0.717, 1.165) is 128 Å². The number of nitrogens with zero attached hydrogens (tertiary/aromatic N) is 1. The second-order valence-electron chi connectivity index (χ2n) is 18.1. The quantitative estimate of drug-likeness (QED) is 0.0214. The van der Waals surface area contributed by atoms with Crippen LogP contribution < -0.4 is 0 Å². The Labute approximate surface area is 423 Å². The Hall–Kier alpha value is -3.62. The summed E-state index contributed by atoms with van der Waals surface area (Å²) >= 11 is 0.